The number of carboxylic acids is 1. The van der Waals surface area contributed by atoms with Gasteiger partial charge in [-0.2, -0.15) is 5.26 Å². The highest BCUT2D eigenvalue weighted by Crippen LogP contribution is 2.62. The fourth-order valence-electron chi connectivity index (χ4n) is 7.91. The lowest BCUT2D eigenvalue weighted by molar-refractivity contribution is -0.144. The number of carbonyl (C=O) groups is 1. The normalized spacial score (nSPS) is 24.5. The molecule has 7 rings (SSSR count). The van der Waals surface area contributed by atoms with Gasteiger partial charge < -0.3 is 24.2 Å². The summed E-state index contributed by atoms with van der Waals surface area (Å²) in [5, 5.41) is 20.1. The van der Waals surface area contributed by atoms with Crippen LogP contribution >= 0.6 is 0 Å². The maximum Gasteiger partial charge on any atom is 0.312 e. The summed E-state index contributed by atoms with van der Waals surface area (Å²) in [6, 6.07) is 18.8. The lowest BCUT2D eigenvalue weighted by Gasteiger charge is -2.38. The number of para-hydroxylation sites is 1. The summed E-state index contributed by atoms with van der Waals surface area (Å²) in [4.78, 5) is 21.9. The average Bonchev–Trinajstić information content (AvgIpc) is 3.72. The van der Waals surface area contributed by atoms with E-state index >= 15 is 0 Å². The van der Waals surface area contributed by atoms with Crippen molar-refractivity contribution in [2.24, 2.45) is 11.3 Å². The van der Waals surface area contributed by atoms with Crippen LogP contribution in [0.5, 0.6) is 5.75 Å². The molecular weight excluding hydrogens is 568 g/mol. The molecule has 3 fully saturated rings. The molecule has 3 atom stereocenters. The van der Waals surface area contributed by atoms with E-state index in [9.17, 15) is 15.2 Å². The van der Waals surface area contributed by atoms with Crippen molar-refractivity contribution in [3.63, 3.8) is 0 Å². The molecule has 0 radical (unpaired) electrons. The molecule has 2 aromatic carbocycles. The van der Waals surface area contributed by atoms with Crippen molar-refractivity contribution in [2.45, 2.75) is 57.8 Å². The van der Waals surface area contributed by atoms with Crippen LogP contribution in [0.2, 0.25) is 0 Å². The Labute approximate surface area is 264 Å². The summed E-state index contributed by atoms with van der Waals surface area (Å²) in [5.74, 6) is 0.862. The average molecular weight is 609 g/mol. The fraction of sp³-hybridized carbons (Fsp3) is 0.472. The molecular formula is C36H40N4O5. The minimum Gasteiger partial charge on any atom is -0.488 e. The molecule has 9 heteroatoms. The van der Waals surface area contributed by atoms with E-state index in [0.29, 0.717) is 32.2 Å². The van der Waals surface area contributed by atoms with Crippen LogP contribution in [-0.2, 0) is 33.8 Å². The second-order valence-corrected chi connectivity index (χ2v) is 12.9. The van der Waals surface area contributed by atoms with Crippen LogP contribution in [0.15, 0.2) is 48.5 Å². The first-order valence-corrected chi connectivity index (χ1v) is 16.0. The van der Waals surface area contributed by atoms with E-state index in [4.69, 9.17) is 19.2 Å². The van der Waals surface area contributed by atoms with Crippen molar-refractivity contribution in [3.05, 3.63) is 76.3 Å². The number of rotatable bonds is 9. The predicted molar refractivity (Wildman–Crippen MR) is 169 cm³/mol. The van der Waals surface area contributed by atoms with Gasteiger partial charge in [0.2, 0.25) is 0 Å². The van der Waals surface area contributed by atoms with Gasteiger partial charge in [0.15, 0.2) is 0 Å². The molecule has 1 N–H and O–H groups in total. The summed E-state index contributed by atoms with van der Waals surface area (Å²) in [5.41, 5.74) is 5.98. The second-order valence-electron chi connectivity index (χ2n) is 12.9. The highest BCUT2D eigenvalue weighted by molar-refractivity contribution is 5.82. The van der Waals surface area contributed by atoms with Crippen LogP contribution in [0, 0.1) is 29.6 Å². The van der Waals surface area contributed by atoms with Crippen molar-refractivity contribution < 1.29 is 24.1 Å². The van der Waals surface area contributed by atoms with Crippen molar-refractivity contribution in [1.29, 1.82) is 5.26 Å². The van der Waals surface area contributed by atoms with Crippen LogP contribution < -0.4 is 9.64 Å². The number of ether oxygens (including phenoxy) is 3. The zero-order chi connectivity index (χ0) is 31.1. The topological polar surface area (TPSA) is 108 Å². The van der Waals surface area contributed by atoms with Crippen LogP contribution in [-0.4, -0.2) is 73.1 Å². The van der Waals surface area contributed by atoms with Crippen molar-refractivity contribution in [3.8, 4) is 23.1 Å². The molecule has 9 nitrogen and oxygen atoms in total. The van der Waals surface area contributed by atoms with Crippen LogP contribution in [0.3, 0.4) is 0 Å². The Hall–Kier alpha value is -3.97. The number of aliphatic carboxylic acids is 1. The minimum absolute atomic E-state index is 0.110. The Bertz CT molecular complexity index is 1650. The third-order valence-electron chi connectivity index (χ3n) is 10.4. The van der Waals surface area contributed by atoms with Gasteiger partial charge in [-0.15, -0.1) is 0 Å². The lowest BCUT2D eigenvalue weighted by Crippen LogP contribution is -2.43. The number of benzene rings is 2. The van der Waals surface area contributed by atoms with Gasteiger partial charge in [-0.1, -0.05) is 24.3 Å². The van der Waals surface area contributed by atoms with Gasteiger partial charge in [0.05, 0.1) is 35.4 Å². The first-order chi connectivity index (χ1) is 21.9. The Morgan fingerprint density at radius 1 is 1.20 bits per heavy atom. The number of nitrogens with zero attached hydrogens (tertiary/aromatic N) is 4. The highest BCUT2D eigenvalue weighted by atomic mass is 16.5. The van der Waals surface area contributed by atoms with Gasteiger partial charge in [0, 0.05) is 51.6 Å². The third kappa shape index (κ3) is 5.35. The van der Waals surface area contributed by atoms with Gasteiger partial charge in [-0.3, -0.25) is 9.69 Å². The molecule has 3 aliphatic heterocycles. The largest absolute Gasteiger partial charge is 0.488 e. The summed E-state index contributed by atoms with van der Waals surface area (Å²) in [7, 11) is 1.62. The Kier molecular flexibility index (Phi) is 7.98. The second kappa shape index (κ2) is 12.1. The van der Waals surface area contributed by atoms with Crippen LogP contribution in [0.4, 0.5) is 5.82 Å². The van der Waals surface area contributed by atoms with Gasteiger partial charge >= 0.3 is 5.97 Å². The zero-order valence-corrected chi connectivity index (χ0v) is 26.0. The van der Waals surface area contributed by atoms with Crippen molar-refractivity contribution in [2.75, 3.05) is 44.9 Å². The molecule has 4 heterocycles. The first kappa shape index (κ1) is 29.7. The SMILES string of the molecule is COC[C@H]1N(c2cccc(-c3cccc(C)c3OCc3cc(C#N)c4c(c3)CCN(C3CCOCC3)C4)n2)C[C@@H]2C[C@@]21C(=O)O. The van der Waals surface area contributed by atoms with E-state index < -0.39 is 11.4 Å². The quantitative estimate of drug-likeness (QED) is 0.360. The van der Waals surface area contributed by atoms with E-state index in [1.54, 1.807) is 7.11 Å². The molecule has 4 aliphatic rings. The van der Waals surface area contributed by atoms with Gasteiger partial charge in [0.1, 0.15) is 18.2 Å². The standard InChI is InChI=1S/C36H40N4O5/c1-23-5-3-6-29(31-7-4-8-33(38-31)40-19-27-17-36(27,35(41)42)32(40)22-43-2)34(23)45-21-24-15-25-9-12-39(28-10-13-44-14-11-28)20-30(25)26(16-24)18-37/h3-8,15-16,27-28,32H,9-14,17,19-22H2,1-2H3,(H,41,42)/t27-,32+,36+/m0/s1. The summed E-state index contributed by atoms with van der Waals surface area (Å²) >= 11 is 0. The predicted octanol–water partition coefficient (Wildman–Crippen LogP) is 4.97. The number of carboxylic acid groups (broad SMARTS) is 1. The molecule has 45 heavy (non-hydrogen) atoms. The Morgan fingerprint density at radius 3 is 2.80 bits per heavy atom. The van der Waals surface area contributed by atoms with E-state index in [2.05, 4.69) is 21.9 Å². The van der Waals surface area contributed by atoms with E-state index in [0.717, 1.165) is 90.6 Å². The van der Waals surface area contributed by atoms with Gasteiger partial charge in [-0.25, -0.2) is 4.98 Å². The number of aryl methyl sites for hydroxylation is 1. The lowest BCUT2D eigenvalue weighted by atomic mass is 9.91. The first-order valence-electron chi connectivity index (χ1n) is 16.0. The van der Waals surface area contributed by atoms with Crippen molar-refractivity contribution >= 4 is 11.8 Å². The number of methoxy groups -OCH3 is 1. The fourth-order valence-corrected chi connectivity index (χ4v) is 7.91. The van der Waals surface area contributed by atoms with Gasteiger partial charge in [0.25, 0.3) is 0 Å². The van der Waals surface area contributed by atoms with Gasteiger partial charge in [-0.05, 0) is 85.0 Å². The molecule has 0 spiro atoms. The third-order valence-corrected chi connectivity index (χ3v) is 10.4. The molecule has 3 aromatic rings. The molecule has 1 aromatic heterocycles. The van der Waals surface area contributed by atoms with Crippen LogP contribution in [0.1, 0.15) is 47.1 Å². The number of anilines is 1. The molecule has 234 valence electrons. The number of hydrogen-bond donors (Lipinski definition) is 1. The smallest absolute Gasteiger partial charge is 0.312 e. The number of fused-ring (bicyclic) bond motifs is 2. The molecule has 0 bridgehead atoms. The molecule has 0 amide bonds. The van der Waals surface area contributed by atoms with E-state index in [1.807, 2.05) is 49.4 Å². The number of piperidine rings is 1. The highest BCUT2D eigenvalue weighted by Gasteiger charge is 2.71. The molecule has 1 saturated carbocycles. The summed E-state index contributed by atoms with van der Waals surface area (Å²) in [6.45, 7) is 6.79. The summed E-state index contributed by atoms with van der Waals surface area (Å²) < 4.78 is 17.6. The zero-order valence-electron chi connectivity index (χ0n) is 26.0. The van der Waals surface area contributed by atoms with Crippen LogP contribution in [0.25, 0.3) is 11.3 Å². The maximum atomic E-state index is 12.2. The number of hydrogen-bond acceptors (Lipinski definition) is 8. The monoisotopic (exact) mass is 608 g/mol. The Morgan fingerprint density at radius 2 is 2.02 bits per heavy atom. The number of aromatic nitrogens is 1. The molecule has 1 aliphatic carbocycles. The van der Waals surface area contributed by atoms with Crippen molar-refractivity contribution in [1.82, 2.24) is 9.88 Å². The maximum absolute atomic E-state index is 12.2. The Balaban J connectivity index is 1.12. The molecule has 0 unspecified atom stereocenters. The molecule has 2 saturated heterocycles. The summed E-state index contributed by atoms with van der Waals surface area (Å²) in [6.07, 6.45) is 3.71. The number of nitriles is 1. The van der Waals surface area contributed by atoms with E-state index in [1.165, 1.54) is 5.56 Å². The number of pyridine rings is 1. The van der Waals surface area contributed by atoms with E-state index in [-0.39, 0.29) is 12.0 Å². The minimum atomic E-state index is -0.758.